The summed E-state index contributed by atoms with van der Waals surface area (Å²) in [6.07, 6.45) is -5.36. The van der Waals surface area contributed by atoms with Gasteiger partial charge >= 0.3 is 17.9 Å². The van der Waals surface area contributed by atoms with E-state index in [0.29, 0.717) is 0 Å². The van der Waals surface area contributed by atoms with Crippen LogP contribution in [0.5, 0.6) is 0 Å². The van der Waals surface area contributed by atoms with E-state index >= 15 is 0 Å². The van der Waals surface area contributed by atoms with Crippen LogP contribution in [0, 0.1) is 0 Å². The minimum absolute atomic E-state index is 0.0183. The van der Waals surface area contributed by atoms with Gasteiger partial charge in [-0.1, -0.05) is 0 Å². The van der Waals surface area contributed by atoms with Crippen molar-refractivity contribution in [3.05, 3.63) is 0 Å². The molecule has 0 saturated carbocycles. The van der Waals surface area contributed by atoms with Crippen molar-refractivity contribution in [1.29, 1.82) is 0 Å². The zero-order valence-corrected chi connectivity index (χ0v) is 10.5. The summed E-state index contributed by atoms with van der Waals surface area (Å²) in [4.78, 5) is 34.3. The number of esters is 3. The van der Waals surface area contributed by atoms with Crippen molar-refractivity contribution in [2.45, 2.75) is 51.4 Å². The van der Waals surface area contributed by atoms with E-state index in [1.807, 2.05) is 0 Å². The van der Waals surface area contributed by atoms with E-state index in [4.69, 9.17) is 27.8 Å². The van der Waals surface area contributed by atoms with E-state index in [1.54, 1.807) is 0 Å². The second-order valence-electron chi connectivity index (χ2n) is 4.24. The lowest BCUT2D eigenvalue weighted by Gasteiger charge is -2.38. The summed E-state index contributed by atoms with van der Waals surface area (Å²) in [5, 5.41) is 0. The zero-order valence-electron chi connectivity index (χ0n) is 13.5. The molecule has 2 heterocycles. The molecular weight excluding hydrogens is 272 g/mol. The average Bonchev–Trinajstić information content (AvgIpc) is 2.99. The third kappa shape index (κ3) is 3.07. The Bertz CT molecular complexity index is 441. The molecule has 2 fully saturated rings. The summed E-state index contributed by atoms with van der Waals surface area (Å²) in [7, 11) is 0. The number of hydrogen-bond acceptors (Lipinski definition) is 8. The lowest BCUT2D eigenvalue weighted by Crippen LogP contribution is -2.58. The van der Waals surface area contributed by atoms with Gasteiger partial charge in [0.15, 0.2) is 24.6 Å². The predicted molar refractivity (Wildman–Crippen MR) is 61.3 cm³/mol. The van der Waals surface area contributed by atoms with Crippen LogP contribution in [-0.4, -0.2) is 55.2 Å². The van der Waals surface area contributed by atoms with Crippen LogP contribution in [0.4, 0.5) is 0 Å². The van der Waals surface area contributed by atoms with Crippen LogP contribution in [0.3, 0.4) is 0 Å². The van der Waals surface area contributed by atoms with Gasteiger partial charge in [0.1, 0.15) is 6.10 Å². The number of rotatable bonds is 3. The highest BCUT2D eigenvalue weighted by atomic mass is 16.8. The largest absolute Gasteiger partial charge is 0.456 e. The molecule has 0 radical (unpaired) electrons. The highest BCUT2D eigenvalue weighted by molar-refractivity contribution is 5.68. The third-order valence-electron chi connectivity index (χ3n) is 2.82. The molecule has 8 nitrogen and oxygen atoms in total. The quantitative estimate of drug-likeness (QED) is 0.509. The lowest BCUT2D eigenvalue weighted by molar-refractivity contribution is -0.250. The second kappa shape index (κ2) is 5.76. The Balaban J connectivity index is 2.23. The van der Waals surface area contributed by atoms with Crippen LogP contribution in [0.25, 0.3) is 0 Å². The van der Waals surface area contributed by atoms with Crippen molar-refractivity contribution >= 4 is 17.9 Å². The molecule has 0 aromatic rings. The molecule has 2 aliphatic rings. The van der Waals surface area contributed by atoms with Crippen LogP contribution in [0.2, 0.25) is 0 Å². The number of ether oxygens (including phenoxy) is 5. The summed E-state index contributed by atoms with van der Waals surface area (Å²) >= 11 is 0. The normalized spacial score (nSPS) is 37.2. The molecule has 0 aliphatic carbocycles. The fraction of sp³-hybridized carbons (Fsp3) is 0.750. The molecule has 112 valence electrons. The van der Waals surface area contributed by atoms with Gasteiger partial charge in [-0.05, 0) is 0 Å². The van der Waals surface area contributed by atoms with Crippen molar-refractivity contribution in [1.82, 2.24) is 0 Å². The smallest absolute Gasteiger partial charge is 0.303 e. The van der Waals surface area contributed by atoms with Gasteiger partial charge < -0.3 is 23.7 Å². The maximum absolute atomic E-state index is 11.5. The highest BCUT2D eigenvalue weighted by Crippen LogP contribution is 2.33. The van der Waals surface area contributed by atoms with Crippen molar-refractivity contribution < 1.29 is 42.2 Å². The number of fused-ring (bicyclic) bond motifs is 2. The monoisotopic (exact) mass is 291 g/mol. The van der Waals surface area contributed by atoms with Crippen molar-refractivity contribution in [2.24, 2.45) is 0 Å². The van der Waals surface area contributed by atoms with Gasteiger partial charge in [0.2, 0.25) is 0 Å². The van der Waals surface area contributed by atoms with Crippen LogP contribution in [-0.2, 0) is 38.1 Å². The Kier molecular flexibility index (Phi) is 3.18. The average molecular weight is 291 g/mol. The molecule has 0 aromatic heterocycles. The highest BCUT2D eigenvalue weighted by Gasteiger charge is 2.55. The number of carbonyl (C=O) groups is 3. The summed E-state index contributed by atoms with van der Waals surface area (Å²) < 4.78 is 46.9. The first-order chi connectivity index (χ1) is 11.0. The van der Waals surface area contributed by atoms with Gasteiger partial charge in [-0.2, -0.15) is 0 Å². The summed E-state index contributed by atoms with van der Waals surface area (Å²) in [6, 6.07) is 0. The van der Waals surface area contributed by atoms with E-state index in [1.165, 1.54) is 0 Å². The van der Waals surface area contributed by atoms with Crippen molar-refractivity contribution in [3.8, 4) is 0 Å². The Morgan fingerprint density at radius 1 is 0.950 bits per heavy atom. The van der Waals surface area contributed by atoms with Gasteiger partial charge in [0.05, 0.1) is 6.61 Å². The molecule has 0 aromatic carbocycles. The van der Waals surface area contributed by atoms with E-state index in [0.717, 1.165) is 0 Å². The minimum atomic E-state index is -1.23. The maximum Gasteiger partial charge on any atom is 0.303 e. The first-order valence-electron chi connectivity index (χ1n) is 7.85. The molecule has 0 amide bonds. The van der Waals surface area contributed by atoms with E-state index < -0.39 is 69.3 Å². The molecule has 1 unspecified atom stereocenters. The Morgan fingerprint density at radius 3 is 2.10 bits per heavy atom. The van der Waals surface area contributed by atoms with Crippen molar-refractivity contribution in [3.63, 3.8) is 0 Å². The van der Waals surface area contributed by atoms with Crippen LogP contribution in [0.15, 0.2) is 0 Å². The van der Waals surface area contributed by atoms with Gasteiger partial charge in [-0.3, -0.25) is 14.4 Å². The molecule has 5 atom stereocenters. The fourth-order valence-corrected chi connectivity index (χ4v) is 2.19. The second-order valence-corrected chi connectivity index (χ2v) is 4.24. The van der Waals surface area contributed by atoms with Gasteiger partial charge in [-0.15, -0.1) is 0 Å². The topological polar surface area (TPSA) is 97.4 Å². The molecule has 2 aliphatic heterocycles. The molecule has 0 N–H and O–H groups in total. The summed E-state index contributed by atoms with van der Waals surface area (Å²) in [5.74, 6) is -2.68. The molecule has 2 bridgehead atoms. The first kappa shape index (κ1) is 11.0. The van der Waals surface area contributed by atoms with E-state index in [9.17, 15) is 14.4 Å². The summed E-state index contributed by atoms with van der Waals surface area (Å²) in [5.41, 5.74) is 0. The lowest BCUT2D eigenvalue weighted by atomic mass is 10.00. The Hall–Kier alpha value is -1.67. The summed E-state index contributed by atoms with van der Waals surface area (Å²) in [6.45, 7) is -1.97. The van der Waals surface area contributed by atoms with Crippen LogP contribution >= 0.6 is 0 Å². The van der Waals surface area contributed by atoms with Gasteiger partial charge in [0, 0.05) is 24.8 Å². The molecule has 2 rings (SSSR count). The number of hydrogen-bond donors (Lipinski definition) is 0. The van der Waals surface area contributed by atoms with Crippen molar-refractivity contribution in [2.75, 3.05) is 6.61 Å². The Labute approximate surface area is 119 Å². The molecular formula is C12H16O8. The SMILES string of the molecule is [2H]CC(=O)O[C@H]1[C@H](OC(=O)C[2H])[C@@H](OC(=O)C[2H])C2OC[C@H]1O2. The maximum atomic E-state index is 11.5. The predicted octanol–water partition coefficient (Wildman–Crippen LogP) is -0.463. The van der Waals surface area contributed by atoms with E-state index in [-0.39, 0.29) is 6.61 Å². The molecule has 2 saturated heterocycles. The Morgan fingerprint density at radius 2 is 1.50 bits per heavy atom. The van der Waals surface area contributed by atoms with Crippen LogP contribution < -0.4 is 0 Å². The van der Waals surface area contributed by atoms with Gasteiger partial charge in [-0.25, -0.2) is 0 Å². The first-order valence-corrected chi connectivity index (χ1v) is 5.73. The molecule has 8 heteroatoms. The third-order valence-corrected chi connectivity index (χ3v) is 2.82. The number of carbonyl (C=O) groups excluding carboxylic acids is 3. The van der Waals surface area contributed by atoms with E-state index in [2.05, 4.69) is 0 Å². The molecule has 0 spiro atoms. The van der Waals surface area contributed by atoms with Gasteiger partial charge in [0.25, 0.3) is 0 Å². The fourth-order valence-electron chi connectivity index (χ4n) is 2.19. The minimum Gasteiger partial charge on any atom is -0.456 e. The zero-order chi connectivity index (χ0) is 17.0. The molecule has 20 heavy (non-hydrogen) atoms. The van der Waals surface area contributed by atoms with Crippen LogP contribution in [0.1, 0.15) is 24.8 Å². The standard InChI is InChI=1S/C12H16O8/c1-5(13)17-9-8-4-16-12(20-8)11(19-7(3)15)10(9)18-6(2)14/h8-12H,4H2,1-3H3/t8-,9-,10+,11-,12?/m1/s1/i1D,2D,3D.